The van der Waals surface area contributed by atoms with E-state index in [0.29, 0.717) is 26.0 Å². The smallest absolute Gasteiger partial charge is 0.424 e. The second-order valence-electron chi connectivity index (χ2n) is 13.3. The molecule has 3 aromatic carbocycles. The van der Waals surface area contributed by atoms with Crippen molar-refractivity contribution in [3.63, 3.8) is 0 Å². The van der Waals surface area contributed by atoms with Crippen molar-refractivity contribution in [3.05, 3.63) is 91.4 Å². The average molecular weight is 823 g/mol. The average Bonchev–Trinajstić information content (AvgIpc) is 3.53. The maximum Gasteiger partial charge on any atom is 0.424 e. The van der Waals surface area contributed by atoms with Gasteiger partial charge >= 0.3 is 12.2 Å². The predicted molar refractivity (Wildman–Crippen MR) is 189 cm³/mol. The van der Waals surface area contributed by atoms with Crippen molar-refractivity contribution >= 4 is 97.6 Å². The number of amides is 3. The lowest BCUT2D eigenvalue weighted by Gasteiger charge is -2.29. The number of ether oxygens (including phenoxy) is 2. The van der Waals surface area contributed by atoms with Crippen molar-refractivity contribution in [2.24, 2.45) is 5.92 Å². The Bertz CT molecular complexity index is 1820. The van der Waals surface area contributed by atoms with Crippen LogP contribution in [-0.4, -0.2) is 39.4 Å². The van der Waals surface area contributed by atoms with Crippen LogP contribution in [0.15, 0.2) is 53.0 Å². The van der Waals surface area contributed by atoms with Gasteiger partial charge in [-0.1, -0.05) is 29.3 Å². The number of benzene rings is 3. The molecule has 15 heteroatoms. The lowest BCUT2D eigenvalue weighted by molar-refractivity contribution is -0.117. The van der Waals surface area contributed by atoms with E-state index < -0.39 is 75.0 Å². The second kappa shape index (κ2) is 14.3. The van der Waals surface area contributed by atoms with Crippen LogP contribution in [0.4, 0.5) is 29.7 Å². The number of nitrogens with one attached hydrogen (secondary N) is 1. The zero-order valence-corrected chi connectivity index (χ0v) is 31.6. The summed E-state index contributed by atoms with van der Waals surface area (Å²) in [6.07, 6.45) is -3.24. The van der Waals surface area contributed by atoms with Gasteiger partial charge in [-0.15, -0.1) is 23.2 Å². The molecule has 1 aliphatic rings. The molecule has 2 atom stereocenters. The van der Waals surface area contributed by atoms with E-state index >= 15 is 8.78 Å². The molecule has 0 saturated heterocycles. The van der Waals surface area contributed by atoms with Crippen molar-refractivity contribution in [2.75, 3.05) is 10.2 Å². The topological polar surface area (TPSA) is 102 Å². The molecule has 0 bridgehead atoms. The Balaban J connectivity index is 1.59. The monoisotopic (exact) mass is 820 g/mol. The number of rotatable bonds is 7. The molecular weight excluding hydrogens is 792 g/mol. The SMILES string of the molecule is CC(C)(C)OC(=O)N(C(=O)OC(C)(C)C)c1cc(CC(=O)c2cc(NC(=O)[C@H]3[C@H](c4ccc(Cl)c(Br)c4)C3(Cl)Cl)ccc2Cl)c(F)cc1F. The molecule has 262 valence electrons. The van der Waals surface area contributed by atoms with E-state index in [1.54, 1.807) is 18.2 Å². The predicted octanol–water partition coefficient (Wildman–Crippen LogP) is 10.7. The molecule has 3 amide bonds. The van der Waals surface area contributed by atoms with Gasteiger partial charge in [-0.3, -0.25) is 9.59 Å². The van der Waals surface area contributed by atoms with Crippen LogP contribution in [-0.2, 0) is 20.7 Å². The Morgan fingerprint density at radius 3 is 1.98 bits per heavy atom. The summed E-state index contributed by atoms with van der Waals surface area (Å²) in [7, 11) is 0. The molecule has 8 nitrogen and oxygen atoms in total. The highest BCUT2D eigenvalue weighted by molar-refractivity contribution is 9.10. The standard InChI is InChI=1S/C34H31BrCl4F2N2O6/c1-32(2,3)48-30(46)43(31(47)49-33(4,5)6)25-12-17(23(40)15-24(25)41)13-26(44)19-14-18(8-10-21(19)36)42-29(45)28-27(34(28,38)39)16-7-9-22(37)20(35)11-16/h7-12,14-15,27-28H,13H2,1-6H3,(H,42,45)/t27-,28+/m0/s1. The third-order valence-electron chi connectivity index (χ3n) is 7.03. The van der Waals surface area contributed by atoms with Crippen LogP contribution in [0, 0.1) is 17.6 Å². The maximum atomic E-state index is 15.2. The van der Waals surface area contributed by atoms with Crippen molar-refractivity contribution in [1.29, 1.82) is 0 Å². The maximum absolute atomic E-state index is 15.2. The van der Waals surface area contributed by atoms with Gasteiger partial charge in [-0.2, -0.15) is 4.90 Å². The van der Waals surface area contributed by atoms with E-state index in [1.165, 1.54) is 59.7 Å². The number of halogens is 7. The van der Waals surface area contributed by atoms with Crippen LogP contribution in [0.3, 0.4) is 0 Å². The van der Waals surface area contributed by atoms with Crippen LogP contribution in [0.1, 0.15) is 68.9 Å². The van der Waals surface area contributed by atoms with Gasteiger partial charge in [-0.05, 0) is 105 Å². The summed E-state index contributed by atoms with van der Waals surface area (Å²) in [6.45, 7) is 9.21. The molecule has 0 heterocycles. The Kier molecular flexibility index (Phi) is 11.4. The Labute approximate surface area is 310 Å². The molecule has 1 fully saturated rings. The Morgan fingerprint density at radius 1 is 0.857 bits per heavy atom. The molecule has 3 aromatic rings. The number of hydrogen-bond donors (Lipinski definition) is 1. The Morgan fingerprint density at radius 2 is 1.43 bits per heavy atom. The normalized spacial score (nSPS) is 16.8. The summed E-state index contributed by atoms with van der Waals surface area (Å²) in [5.74, 6) is -5.05. The van der Waals surface area contributed by atoms with Gasteiger partial charge in [0, 0.05) is 34.1 Å². The number of carbonyl (C=O) groups is 4. The number of hydrogen-bond acceptors (Lipinski definition) is 6. The molecular formula is C34H31BrCl4F2N2O6. The molecule has 0 spiro atoms. The summed E-state index contributed by atoms with van der Waals surface area (Å²) in [6, 6.07) is 10.5. The molecule has 0 aliphatic heterocycles. The zero-order valence-electron chi connectivity index (χ0n) is 27.0. The number of ketones is 1. The first-order chi connectivity index (χ1) is 22.5. The fourth-order valence-electron chi connectivity index (χ4n) is 4.85. The summed E-state index contributed by atoms with van der Waals surface area (Å²) >= 11 is 28.7. The minimum Gasteiger partial charge on any atom is -0.443 e. The number of alkyl halides is 2. The van der Waals surface area contributed by atoms with Crippen molar-refractivity contribution in [1.82, 2.24) is 0 Å². The van der Waals surface area contributed by atoms with Gasteiger partial charge in [0.1, 0.15) is 21.4 Å². The van der Waals surface area contributed by atoms with Gasteiger partial charge in [-0.25, -0.2) is 18.4 Å². The quantitative estimate of drug-likeness (QED) is 0.188. The van der Waals surface area contributed by atoms with Gasteiger partial charge in [0.15, 0.2) is 11.6 Å². The summed E-state index contributed by atoms with van der Waals surface area (Å²) in [5.41, 5.74) is -2.49. The van der Waals surface area contributed by atoms with Crippen molar-refractivity contribution in [2.45, 2.75) is 69.4 Å². The molecule has 1 aliphatic carbocycles. The lowest BCUT2D eigenvalue weighted by Crippen LogP contribution is -2.44. The molecule has 1 N–H and O–H groups in total. The van der Waals surface area contributed by atoms with Crippen LogP contribution >= 0.6 is 62.3 Å². The minimum absolute atomic E-state index is 0.0192. The molecule has 49 heavy (non-hydrogen) atoms. The van der Waals surface area contributed by atoms with E-state index in [-0.39, 0.29) is 21.8 Å². The number of imide groups is 1. The highest BCUT2D eigenvalue weighted by Gasteiger charge is 2.67. The third-order valence-corrected chi connectivity index (χ3v) is 9.52. The largest absolute Gasteiger partial charge is 0.443 e. The number of anilines is 2. The first kappa shape index (κ1) is 38.8. The minimum atomic E-state index is -1.41. The fraction of sp³-hybridized carbons (Fsp3) is 0.353. The van der Waals surface area contributed by atoms with E-state index in [9.17, 15) is 19.2 Å². The molecule has 4 rings (SSSR count). The lowest BCUT2D eigenvalue weighted by atomic mass is 10.0. The second-order valence-corrected chi connectivity index (χ2v) is 16.4. The van der Waals surface area contributed by atoms with E-state index in [0.717, 1.165) is 6.07 Å². The Hall–Kier alpha value is -2.96. The van der Waals surface area contributed by atoms with Gasteiger partial charge in [0.05, 0.1) is 21.7 Å². The highest BCUT2D eigenvalue weighted by atomic mass is 79.9. The van der Waals surface area contributed by atoms with E-state index in [2.05, 4.69) is 21.2 Å². The summed E-state index contributed by atoms with van der Waals surface area (Å²) < 4.78 is 40.0. The van der Waals surface area contributed by atoms with Gasteiger partial charge < -0.3 is 14.8 Å². The van der Waals surface area contributed by atoms with E-state index in [4.69, 9.17) is 55.9 Å². The van der Waals surface area contributed by atoms with Crippen molar-refractivity contribution in [3.8, 4) is 0 Å². The number of Topliss-reactive ketones (excluding diaryl/α,β-unsaturated/α-hetero) is 1. The summed E-state index contributed by atoms with van der Waals surface area (Å²) in [4.78, 5) is 53.1. The fourth-order valence-corrected chi connectivity index (χ4v) is 6.42. The number of nitrogens with zero attached hydrogens (tertiary/aromatic N) is 1. The van der Waals surface area contributed by atoms with Gasteiger partial charge in [0.2, 0.25) is 5.91 Å². The first-order valence-electron chi connectivity index (χ1n) is 14.7. The van der Waals surface area contributed by atoms with Crippen molar-refractivity contribution < 1.29 is 37.4 Å². The summed E-state index contributed by atoms with van der Waals surface area (Å²) in [5, 5.41) is 3.14. The van der Waals surface area contributed by atoms with Crippen LogP contribution < -0.4 is 10.2 Å². The molecule has 0 aromatic heterocycles. The van der Waals surface area contributed by atoms with Gasteiger partial charge in [0.25, 0.3) is 0 Å². The molecule has 0 radical (unpaired) electrons. The van der Waals surface area contributed by atoms with Crippen LogP contribution in [0.2, 0.25) is 10.0 Å². The van der Waals surface area contributed by atoms with Crippen LogP contribution in [0.5, 0.6) is 0 Å². The molecule has 1 saturated carbocycles. The first-order valence-corrected chi connectivity index (χ1v) is 17.0. The van der Waals surface area contributed by atoms with E-state index in [1.807, 2.05) is 0 Å². The zero-order chi connectivity index (χ0) is 36.8. The highest BCUT2D eigenvalue weighted by Crippen LogP contribution is 2.65. The molecule has 0 unspecified atom stereocenters. The number of carbonyl (C=O) groups excluding carboxylic acids is 4. The van der Waals surface area contributed by atoms with Crippen LogP contribution in [0.25, 0.3) is 0 Å². The third kappa shape index (κ3) is 9.24.